The molecule has 0 aliphatic carbocycles. The van der Waals surface area contributed by atoms with Crippen LogP contribution in [0.3, 0.4) is 0 Å². The fourth-order valence-corrected chi connectivity index (χ4v) is 1.50. The summed E-state index contributed by atoms with van der Waals surface area (Å²) < 4.78 is 9.62. The number of carbonyl (C=O) groups is 2. The van der Waals surface area contributed by atoms with Gasteiger partial charge in [0, 0.05) is 0 Å². The van der Waals surface area contributed by atoms with E-state index >= 15 is 0 Å². The van der Waals surface area contributed by atoms with E-state index in [9.17, 15) is 9.59 Å². The third-order valence-electron chi connectivity index (χ3n) is 2.44. The minimum Gasteiger partial charge on any atom is -0.465 e. The second kappa shape index (κ2) is 9.90. The summed E-state index contributed by atoms with van der Waals surface area (Å²) in [5.74, 6) is -2.93. The van der Waals surface area contributed by atoms with E-state index in [4.69, 9.17) is 20.0 Å². The van der Waals surface area contributed by atoms with E-state index in [1.54, 1.807) is 13.8 Å². The standard InChI is InChI=1S/C13H18N2O4/c1-3-18-12(16)11(13(17)19-4-2)7-5-6-10(8-14)9-15/h10-11H,3-7H2,1-2H3. The molecule has 0 heterocycles. The molecular formula is C13H18N2O4. The van der Waals surface area contributed by atoms with Crippen molar-refractivity contribution in [3.05, 3.63) is 0 Å². The average Bonchev–Trinajstić information content (AvgIpc) is 2.39. The largest absolute Gasteiger partial charge is 0.465 e. The Hall–Kier alpha value is -2.08. The van der Waals surface area contributed by atoms with Crippen LogP contribution in [0.1, 0.15) is 33.1 Å². The summed E-state index contributed by atoms with van der Waals surface area (Å²) in [6.07, 6.45) is 0.952. The Balaban J connectivity index is 4.44. The maximum atomic E-state index is 11.6. The predicted molar refractivity (Wildman–Crippen MR) is 65.3 cm³/mol. The zero-order chi connectivity index (χ0) is 14.7. The maximum absolute atomic E-state index is 11.6. The fourth-order valence-electron chi connectivity index (χ4n) is 1.50. The first-order valence-electron chi connectivity index (χ1n) is 6.23. The van der Waals surface area contributed by atoms with Crippen LogP contribution in [0.5, 0.6) is 0 Å². The van der Waals surface area contributed by atoms with Crippen LogP contribution in [0.2, 0.25) is 0 Å². The monoisotopic (exact) mass is 266 g/mol. The van der Waals surface area contributed by atoms with Gasteiger partial charge in [0.05, 0.1) is 25.4 Å². The van der Waals surface area contributed by atoms with Crippen LogP contribution in [0.4, 0.5) is 0 Å². The summed E-state index contributed by atoms with van der Waals surface area (Å²) >= 11 is 0. The molecule has 0 amide bonds. The smallest absolute Gasteiger partial charge is 0.320 e. The molecule has 0 spiro atoms. The fraction of sp³-hybridized carbons (Fsp3) is 0.692. The normalized spacial score (nSPS) is 9.79. The maximum Gasteiger partial charge on any atom is 0.320 e. The molecule has 0 aromatic rings. The molecule has 0 saturated heterocycles. The molecule has 0 aromatic carbocycles. The first kappa shape index (κ1) is 16.9. The van der Waals surface area contributed by atoms with Crippen LogP contribution in [-0.4, -0.2) is 25.2 Å². The summed E-state index contributed by atoms with van der Waals surface area (Å²) in [5, 5.41) is 17.2. The molecule has 104 valence electrons. The van der Waals surface area contributed by atoms with Gasteiger partial charge in [-0.15, -0.1) is 0 Å². The summed E-state index contributed by atoms with van der Waals surface area (Å²) in [4.78, 5) is 23.2. The SMILES string of the molecule is CCOC(=O)C(CCCC(C#N)C#N)C(=O)OCC. The van der Waals surface area contributed by atoms with Crippen molar-refractivity contribution in [2.24, 2.45) is 11.8 Å². The van der Waals surface area contributed by atoms with Crippen LogP contribution in [-0.2, 0) is 19.1 Å². The number of ether oxygens (including phenoxy) is 2. The lowest BCUT2D eigenvalue weighted by molar-refractivity contribution is -0.161. The molecule has 6 nitrogen and oxygen atoms in total. The summed E-state index contributed by atoms with van der Waals surface area (Å²) in [6, 6.07) is 3.68. The Morgan fingerprint density at radius 3 is 1.84 bits per heavy atom. The van der Waals surface area contributed by atoms with E-state index < -0.39 is 23.8 Å². The van der Waals surface area contributed by atoms with Gasteiger partial charge in [0.15, 0.2) is 5.92 Å². The van der Waals surface area contributed by atoms with Crippen molar-refractivity contribution in [1.29, 1.82) is 10.5 Å². The highest BCUT2D eigenvalue weighted by molar-refractivity contribution is 5.94. The topological polar surface area (TPSA) is 100 Å². The lowest BCUT2D eigenvalue weighted by atomic mass is 9.98. The summed E-state index contributed by atoms with van der Waals surface area (Å²) in [6.45, 7) is 3.69. The molecule has 6 heteroatoms. The van der Waals surface area contributed by atoms with Crippen molar-refractivity contribution < 1.29 is 19.1 Å². The van der Waals surface area contributed by atoms with Crippen LogP contribution >= 0.6 is 0 Å². The van der Waals surface area contributed by atoms with E-state index in [-0.39, 0.29) is 19.6 Å². The van der Waals surface area contributed by atoms with E-state index in [1.165, 1.54) is 0 Å². The van der Waals surface area contributed by atoms with Crippen molar-refractivity contribution in [3.8, 4) is 12.1 Å². The van der Waals surface area contributed by atoms with Gasteiger partial charge in [-0.3, -0.25) is 9.59 Å². The first-order chi connectivity index (χ1) is 9.10. The van der Waals surface area contributed by atoms with Gasteiger partial charge in [0.1, 0.15) is 5.92 Å². The molecule has 19 heavy (non-hydrogen) atoms. The minimum absolute atomic E-state index is 0.188. The van der Waals surface area contributed by atoms with Crippen molar-refractivity contribution in [2.75, 3.05) is 13.2 Å². The van der Waals surface area contributed by atoms with Crippen LogP contribution in [0.25, 0.3) is 0 Å². The lowest BCUT2D eigenvalue weighted by Gasteiger charge is -2.14. The molecular weight excluding hydrogens is 248 g/mol. The molecule has 0 fully saturated rings. The molecule has 0 unspecified atom stereocenters. The molecule has 0 aromatic heterocycles. The average molecular weight is 266 g/mol. The molecule has 0 N–H and O–H groups in total. The van der Waals surface area contributed by atoms with Crippen molar-refractivity contribution in [2.45, 2.75) is 33.1 Å². The van der Waals surface area contributed by atoms with Gasteiger partial charge in [-0.05, 0) is 33.1 Å². The highest BCUT2D eigenvalue weighted by Gasteiger charge is 2.29. The second-order valence-corrected chi connectivity index (χ2v) is 3.80. The quantitative estimate of drug-likeness (QED) is 0.488. The van der Waals surface area contributed by atoms with E-state index in [0.717, 1.165) is 0 Å². The van der Waals surface area contributed by atoms with E-state index in [2.05, 4.69) is 0 Å². The molecule has 0 atom stereocenters. The van der Waals surface area contributed by atoms with E-state index in [1.807, 2.05) is 12.1 Å². The Labute approximate surface area is 112 Å². The molecule has 0 rings (SSSR count). The number of rotatable bonds is 8. The molecule has 0 aliphatic heterocycles. The molecule has 0 saturated carbocycles. The summed E-state index contributed by atoms with van der Waals surface area (Å²) in [5.41, 5.74) is 0. The Morgan fingerprint density at radius 1 is 1.00 bits per heavy atom. The van der Waals surface area contributed by atoms with Crippen molar-refractivity contribution in [1.82, 2.24) is 0 Å². The summed E-state index contributed by atoms with van der Waals surface area (Å²) in [7, 11) is 0. The Morgan fingerprint density at radius 2 is 1.47 bits per heavy atom. The number of hydrogen-bond acceptors (Lipinski definition) is 6. The van der Waals surface area contributed by atoms with Crippen LogP contribution < -0.4 is 0 Å². The predicted octanol–water partition coefficient (Wildman–Crippen LogP) is 1.56. The number of nitrogens with zero attached hydrogens (tertiary/aromatic N) is 2. The first-order valence-corrected chi connectivity index (χ1v) is 6.23. The highest BCUT2D eigenvalue weighted by atomic mass is 16.6. The van der Waals surface area contributed by atoms with Gasteiger partial charge in [-0.2, -0.15) is 10.5 Å². The van der Waals surface area contributed by atoms with Gasteiger partial charge in [-0.1, -0.05) is 0 Å². The number of hydrogen-bond donors (Lipinski definition) is 0. The van der Waals surface area contributed by atoms with E-state index in [0.29, 0.717) is 12.8 Å². The Bertz CT molecular complexity index is 349. The zero-order valence-electron chi connectivity index (χ0n) is 11.2. The number of carbonyl (C=O) groups excluding carboxylic acids is 2. The van der Waals surface area contributed by atoms with Gasteiger partial charge in [-0.25, -0.2) is 0 Å². The number of nitriles is 2. The minimum atomic E-state index is -0.974. The van der Waals surface area contributed by atoms with Gasteiger partial charge < -0.3 is 9.47 Å². The second-order valence-electron chi connectivity index (χ2n) is 3.80. The Kier molecular flexibility index (Phi) is 8.82. The van der Waals surface area contributed by atoms with Crippen LogP contribution in [0.15, 0.2) is 0 Å². The third kappa shape index (κ3) is 6.42. The lowest BCUT2D eigenvalue weighted by Crippen LogP contribution is -2.28. The van der Waals surface area contributed by atoms with Crippen molar-refractivity contribution >= 4 is 11.9 Å². The van der Waals surface area contributed by atoms with Gasteiger partial charge in [0.25, 0.3) is 0 Å². The highest BCUT2D eigenvalue weighted by Crippen LogP contribution is 2.16. The molecule has 0 bridgehead atoms. The van der Waals surface area contributed by atoms with Gasteiger partial charge >= 0.3 is 11.9 Å². The third-order valence-corrected chi connectivity index (χ3v) is 2.44. The number of esters is 2. The molecule has 0 aliphatic rings. The molecule has 0 radical (unpaired) electrons. The zero-order valence-corrected chi connectivity index (χ0v) is 11.2. The van der Waals surface area contributed by atoms with Crippen molar-refractivity contribution in [3.63, 3.8) is 0 Å². The van der Waals surface area contributed by atoms with Crippen LogP contribution in [0, 0.1) is 34.5 Å². The van der Waals surface area contributed by atoms with Gasteiger partial charge in [0.2, 0.25) is 0 Å².